The maximum absolute atomic E-state index is 10.8. The van der Waals surface area contributed by atoms with E-state index in [2.05, 4.69) is 18.3 Å². The highest BCUT2D eigenvalue weighted by atomic mass is 35.5. The number of nitrogens with zero attached hydrogens (tertiary/aromatic N) is 1. The van der Waals surface area contributed by atoms with Gasteiger partial charge >= 0.3 is 0 Å². The molecule has 0 fully saturated rings. The number of non-ortho nitro benzene ring substituents is 1. The molecule has 3 aromatic rings. The summed E-state index contributed by atoms with van der Waals surface area (Å²) in [5.74, 6) is 0.538. The number of benzene rings is 3. The molecule has 0 saturated carbocycles. The Labute approximate surface area is 179 Å². The zero-order chi connectivity index (χ0) is 20.8. The van der Waals surface area contributed by atoms with Crippen molar-refractivity contribution in [1.82, 2.24) is 0 Å². The van der Waals surface area contributed by atoms with E-state index in [9.17, 15) is 10.1 Å². The molecule has 0 aromatic heterocycles. The summed E-state index contributed by atoms with van der Waals surface area (Å²) in [7, 11) is 0. The zero-order valence-corrected chi connectivity index (χ0v) is 17.3. The number of nitro groups is 1. The van der Waals surface area contributed by atoms with Crippen molar-refractivity contribution in [2.24, 2.45) is 0 Å². The Balaban J connectivity index is 1.77. The van der Waals surface area contributed by atoms with Crippen LogP contribution in [0, 0.1) is 10.1 Å². The first-order valence-electron chi connectivity index (χ1n) is 9.13. The van der Waals surface area contributed by atoms with E-state index in [-0.39, 0.29) is 12.3 Å². The number of halogens is 2. The lowest BCUT2D eigenvalue weighted by molar-refractivity contribution is -0.384. The number of aryl methyl sites for hydroxylation is 1. The van der Waals surface area contributed by atoms with Crippen LogP contribution < -0.4 is 10.1 Å². The molecule has 0 amide bonds. The third-order valence-electron chi connectivity index (χ3n) is 4.48. The number of hydrogen-bond donors (Lipinski definition) is 1. The molecular weight excluding hydrogens is 411 g/mol. The van der Waals surface area contributed by atoms with E-state index < -0.39 is 4.92 Å². The van der Waals surface area contributed by atoms with Crippen molar-refractivity contribution in [1.29, 1.82) is 0 Å². The van der Waals surface area contributed by atoms with Crippen molar-refractivity contribution in [2.45, 2.75) is 26.5 Å². The Morgan fingerprint density at radius 1 is 1.03 bits per heavy atom. The van der Waals surface area contributed by atoms with Gasteiger partial charge in [-0.2, -0.15) is 0 Å². The minimum atomic E-state index is -0.432. The summed E-state index contributed by atoms with van der Waals surface area (Å²) in [6.07, 6.45) is 0.920. The summed E-state index contributed by atoms with van der Waals surface area (Å²) >= 11 is 12.6. The van der Waals surface area contributed by atoms with Gasteiger partial charge in [0.1, 0.15) is 12.4 Å². The molecule has 150 valence electrons. The van der Waals surface area contributed by atoms with Gasteiger partial charge in [-0.1, -0.05) is 48.3 Å². The molecule has 0 atom stereocenters. The van der Waals surface area contributed by atoms with E-state index in [1.165, 1.54) is 17.7 Å². The second-order valence-corrected chi connectivity index (χ2v) is 7.30. The molecule has 3 rings (SSSR count). The van der Waals surface area contributed by atoms with Crippen LogP contribution in [0.25, 0.3) is 0 Å². The van der Waals surface area contributed by atoms with Crippen molar-refractivity contribution in [3.63, 3.8) is 0 Å². The van der Waals surface area contributed by atoms with Gasteiger partial charge in [-0.3, -0.25) is 10.1 Å². The van der Waals surface area contributed by atoms with Crippen LogP contribution in [0.15, 0.2) is 60.7 Å². The second-order valence-electron chi connectivity index (χ2n) is 6.45. The van der Waals surface area contributed by atoms with E-state index in [0.717, 1.165) is 23.2 Å². The van der Waals surface area contributed by atoms with Crippen LogP contribution in [0.1, 0.15) is 23.6 Å². The lowest BCUT2D eigenvalue weighted by Gasteiger charge is -2.16. The Hall–Kier alpha value is -2.76. The lowest BCUT2D eigenvalue weighted by atomic mass is 10.1. The predicted octanol–water partition coefficient (Wildman–Crippen LogP) is 6.66. The van der Waals surface area contributed by atoms with Gasteiger partial charge in [-0.05, 0) is 47.9 Å². The summed E-state index contributed by atoms with van der Waals surface area (Å²) in [6.45, 7) is 2.83. The van der Waals surface area contributed by atoms with Gasteiger partial charge in [0.15, 0.2) is 0 Å². The molecule has 0 bridgehead atoms. The lowest BCUT2D eigenvalue weighted by Crippen LogP contribution is -2.06. The molecule has 3 aromatic carbocycles. The van der Waals surface area contributed by atoms with Gasteiger partial charge in [0.2, 0.25) is 0 Å². The van der Waals surface area contributed by atoms with Crippen LogP contribution in [-0.4, -0.2) is 4.92 Å². The highest BCUT2D eigenvalue weighted by Crippen LogP contribution is 2.34. The molecule has 0 unspecified atom stereocenters. The van der Waals surface area contributed by atoms with E-state index >= 15 is 0 Å². The molecule has 0 radical (unpaired) electrons. The number of para-hydroxylation sites is 1. The molecule has 29 heavy (non-hydrogen) atoms. The highest BCUT2D eigenvalue weighted by Gasteiger charge is 2.13. The Bertz CT molecular complexity index is 1010. The fourth-order valence-corrected chi connectivity index (χ4v) is 3.56. The average molecular weight is 431 g/mol. The SMILES string of the molecule is CCc1ccccc1NCc1cc(Cl)cc(Cl)c1OCc1ccc([N+](=O)[O-])cc1. The normalized spacial score (nSPS) is 10.6. The van der Waals surface area contributed by atoms with Crippen LogP contribution in [0.4, 0.5) is 11.4 Å². The third kappa shape index (κ3) is 5.40. The minimum Gasteiger partial charge on any atom is -0.487 e. The topological polar surface area (TPSA) is 64.4 Å². The van der Waals surface area contributed by atoms with Gasteiger partial charge in [-0.15, -0.1) is 0 Å². The predicted molar refractivity (Wildman–Crippen MR) is 117 cm³/mol. The van der Waals surface area contributed by atoms with E-state index in [1.807, 2.05) is 24.3 Å². The zero-order valence-electron chi connectivity index (χ0n) is 15.8. The molecule has 0 spiro atoms. The number of hydrogen-bond acceptors (Lipinski definition) is 4. The fraction of sp³-hybridized carbons (Fsp3) is 0.182. The molecule has 5 nitrogen and oxygen atoms in total. The maximum atomic E-state index is 10.8. The summed E-state index contributed by atoms with van der Waals surface area (Å²) in [5.41, 5.74) is 3.94. The Morgan fingerprint density at radius 2 is 1.76 bits per heavy atom. The summed E-state index contributed by atoms with van der Waals surface area (Å²) in [4.78, 5) is 10.4. The number of anilines is 1. The molecule has 0 heterocycles. The fourth-order valence-electron chi connectivity index (χ4n) is 2.97. The quantitative estimate of drug-likeness (QED) is 0.320. The number of nitro benzene ring substituents is 1. The van der Waals surface area contributed by atoms with E-state index in [1.54, 1.807) is 18.2 Å². The van der Waals surface area contributed by atoms with Crippen molar-refractivity contribution >= 4 is 34.6 Å². The largest absolute Gasteiger partial charge is 0.487 e. The molecule has 0 aliphatic carbocycles. The standard InChI is InChI=1S/C22H20Cl2N2O3/c1-2-16-5-3-4-6-21(16)25-13-17-11-18(23)12-20(24)22(17)29-14-15-7-9-19(10-8-15)26(27)28/h3-12,25H,2,13-14H2,1H3. The Kier molecular flexibility index (Phi) is 6.96. The number of nitrogens with one attached hydrogen (secondary N) is 1. The first-order chi connectivity index (χ1) is 14.0. The molecule has 0 saturated heterocycles. The third-order valence-corrected chi connectivity index (χ3v) is 4.98. The summed E-state index contributed by atoms with van der Waals surface area (Å²) in [6, 6.07) is 17.8. The monoisotopic (exact) mass is 430 g/mol. The van der Waals surface area contributed by atoms with Crippen LogP contribution in [-0.2, 0) is 19.6 Å². The highest BCUT2D eigenvalue weighted by molar-refractivity contribution is 6.35. The molecule has 7 heteroatoms. The van der Waals surface area contributed by atoms with Crippen molar-refractivity contribution in [3.8, 4) is 5.75 Å². The smallest absolute Gasteiger partial charge is 0.269 e. The second kappa shape index (κ2) is 9.63. The minimum absolute atomic E-state index is 0.0396. The van der Waals surface area contributed by atoms with Crippen LogP contribution in [0.5, 0.6) is 5.75 Å². The van der Waals surface area contributed by atoms with Crippen molar-refractivity contribution in [2.75, 3.05) is 5.32 Å². The van der Waals surface area contributed by atoms with Crippen LogP contribution in [0.2, 0.25) is 10.0 Å². The molecule has 0 aliphatic rings. The van der Waals surface area contributed by atoms with Crippen molar-refractivity contribution in [3.05, 3.63) is 97.5 Å². The van der Waals surface area contributed by atoms with Crippen molar-refractivity contribution < 1.29 is 9.66 Å². The van der Waals surface area contributed by atoms with Gasteiger partial charge in [0.05, 0.1) is 9.95 Å². The summed E-state index contributed by atoms with van der Waals surface area (Å²) < 4.78 is 5.95. The Morgan fingerprint density at radius 3 is 2.45 bits per heavy atom. The number of ether oxygens (including phenoxy) is 1. The van der Waals surface area contributed by atoms with Gasteiger partial charge in [0.25, 0.3) is 5.69 Å². The first-order valence-corrected chi connectivity index (χ1v) is 9.89. The first kappa shape index (κ1) is 21.0. The molecule has 0 aliphatic heterocycles. The number of rotatable bonds is 8. The molecular formula is C22H20Cl2N2O3. The average Bonchev–Trinajstić information content (AvgIpc) is 2.71. The maximum Gasteiger partial charge on any atom is 0.269 e. The van der Waals surface area contributed by atoms with Gasteiger partial charge in [-0.25, -0.2) is 0 Å². The van der Waals surface area contributed by atoms with Gasteiger partial charge in [0, 0.05) is 35.0 Å². The van der Waals surface area contributed by atoms with Crippen LogP contribution >= 0.6 is 23.2 Å². The molecule has 1 N–H and O–H groups in total. The van der Waals surface area contributed by atoms with Gasteiger partial charge < -0.3 is 10.1 Å². The summed E-state index contributed by atoms with van der Waals surface area (Å²) in [5, 5.41) is 15.1. The van der Waals surface area contributed by atoms with Crippen LogP contribution in [0.3, 0.4) is 0 Å². The van der Waals surface area contributed by atoms with E-state index in [0.29, 0.717) is 22.3 Å². The van der Waals surface area contributed by atoms with E-state index in [4.69, 9.17) is 27.9 Å².